The highest BCUT2D eigenvalue weighted by Crippen LogP contribution is 2.32. The molecule has 2 aromatic carbocycles. The Kier molecular flexibility index (Phi) is 6.93. The third kappa shape index (κ3) is 5.03. The normalized spacial score (nSPS) is 17.9. The van der Waals surface area contributed by atoms with Gasteiger partial charge in [-0.25, -0.2) is 17.7 Å². The van der Waals surface area contributed by atoms with Gasteiger partial charge in [0, 0.05) is 37.5 Å². The van der Waals surface area contributed by atoms with Gasteiger partial charge in [0.25, 0.3) is 5.91 Å². The molecule has 0 N–H and O–H groups in total. The molecule has 1 atom stereocenters. The van der Waals surface area contributed by atoms with Gasteiger partial charge in [0.15, 0.2) is 5.17 Å². The van der Waals surface area contributed by atoms with Crippen LogP contribution in [0.1, 0.15) is 17.3 Å². The van der Waals surface area contributed by atoms with E-state index >= 15 is 0 Å². The van der Waals surface area contributed by atoms with E-state index in [4.69, 9.17) is 9.47 Å². The zero-order valence-electron chi connectivity index (χ0n) is 18.0. The highest BCUT2D eigenvalue weighted by Gasteiger charge is 2.32. The molecule has 0 aromatic heterocycles. The molecular formula is C21H25N3O5S2. The number of amides is 1. The first kappa shape index (κ1) is 23.1. The van der Waals surface area contributed by atoms with E-state index in [1.807, 2.05) is 6.92 Å². The summed E-state index contributed by atoms with van der Waals surface area (Å²) < 4.78 is 36.6. The van der Waals surface area contributed by atoms with Crippen molar-refractivity contribution < 1.29 is 22.7 Å². The summed E-state index contributed by atoms with van der Waals surface area (Å²) in [6, 6.07) is 11.4. The fourth-order valence-electron chi connectivity index (χ4n) is 2.99. The molecule has 31 heavy (non-hydrogen) atoms. The summed E-state index contributed by atoms with van der Waals surface area (Å²) in [5, 5.41) is 0.655. The van der Waals surface area contributed by atoms with Crippen LogP contribution in [0.3, 0.4) is 0 Å². The maximum atomic E-state index is 13.3. The molecule has 0 spiro atoms. The van der Waals surface area contributed by atoms with Crippen LogP contribution >= 0.6 is 11.8 Å². The molecule has 1 amide bonds. The molecule has 3 rings (SSSR count). The fourth-order valence-corrected chi connectivity index (χ4v) is 4.96. The quantitative estimate of drug-likeness (QED) is 0.654. The predicted octanol–water partition coefficient (Wildman–Crippen LogP) is 3.22. The number of ether oxygens (including phenoxy) is 2. The van der Waals surface area contributed by atoms with Gasteiger partial charge in [0.1, 0.15) is 11.5 Å². The van der Waals surface area contributed by atoms with Gasteiger partial charge in [-0.3, -0.25) is 9.69 Å². The summed E-state index contributed by atoms with van der Waals surface area (Å²) in [5.41, 5.74) is 0.878. The second kappa shape index (κ2) is 9.29. The molecule has 0 aliphatic carbocycles. The molecule has 0 radical (unpaired) electrons. The van der Waals surface area contributed by atoms with E-state index in [9.17, 15) is 13.2 Å². The second-order valence-corrected chi connectivity index (χ2v) is 10.7. The summed E-state index contributed by atoms with van der Waals surface area (Å²) in [5.74, 6) is 0.801. The first-order valence-electron chi connectivity index (χ1n) is 9.48. The molecule has 1 aliphatic heterocycles. The Morgan fingerprint density at radius 3 is 2.35 bits per heavy atom. The van der Waals surface area contributed by atoms with Crippen molar-refractivity contribution in [3.63, 3.8) is 0 Å². The maximum Gasteiger partial charge on any atom is 0.260 e. The van der Waals surface area contributed by atoms with Crippen molar-refractivity contribution in [1.29, 1.82) is 0 Å². The lowest BCUT2D eigenvalue weighted by atomic mass is 10.1. The second-order valence-electron chi connectivity index (χ2n) is 7.12. The van der Waals surface area contributed by atoms with Crippen molar-refractivity contribution in [3.8, 4) is 11.5 Å². The summed E-state index contributed by atoms with van der Waals surface area (Å²) in [6.07, 6.45) is 0. The van der Waals surface area contributed by atoms with Crippen molar-refractivity contribution >= 4 is 38.5 Å². The van der Waals surface area contributed by atoms with Crippen molar-refractivity contribution in [3.05, 3.63) is 48.0 Å². The van der Waals surface area contributed by atoms with Gasteiger partial charge < -0.3 is 9.47 Å². The van der Waals surface area contributed by atoms with Crippen LogP contribution in [0.2, 0.25) is 0 Å². The van der Waals surface area contributed by atoms with Crippen molar-refractivity contribution in [2.75, 3.05) is 34.9 Å². The van der Waals surface area contributed by atoms with E-state index in [1.54, 1.807) is 35.2 Å². The first-order chi connectivity index (χ1) is 14.6. The third-order valence-corrected chi connectivity index (χ3v) is 7.53. The van der Waals surface area contributed by atoms with Crippen LogP contribution in [-0.2, 0) is 10.0 Å². The molecule has 0 bridgehead atoms. The highest BCUT2D eigenvalue weighted by atomic mass is 32.2. The maximum absolute atomic E-state index is 13.3. The molecule has 1 saturated heterocycles. The zero-order chi connectivity index (χ0) is 22.8. The molecule has 1 heterocycles. The Morgan fingerprint density at radius 2 is 1.77 bits per heavy atom. The van der Waals surface area contributed by atoms with E-state index in [0.717, 1.165) is 4.31 Å². The standard InChI is InChI=1S/C21H25N3O5S2/c1-14-13-24(20(25)15-9-17(28-4)12-18(10-15)29-5)21(30-14)22-16-7-6-8-19(11-16)31(26,27)23(2)3/h6-12,14H,13H2,1-5H3. The van der Waals surface area contributed by atoms with Crippen LogP contribution in [0.15, 0.2) is 52.4 Å². The molecular weight excluding hydrogens is 438 g/mol. The predicted molar refractivity (Wildman–Crippen MR) is 122 cm³/mol. The molecule has 1 aliphatic rings. The van der Waals surface area contributed by atoms with Crippen molar-refractivity contribution in [2.45, 2.75) is 17.1 Å². The van der Waals surface area contributed by atoms with Gasteiger partial charge in [-0.05, 0) is 30.3 Å². The molecule has 1 unspecified atom stereocenters. The SMILES string of the molecule is COc1cc(OC)cc(C(=O)N2CC(C)SC2=Nc2cccc(S(=O)(=O)N(C)C)c2)c1. The Labute approximate surface area is 186 Å². The van der Waals surface area contributed by atoms with Crippen LogP contribution < -0.4 is 9.47 Å². The summed E-state index contributed by atoms with van der Waals surface area (Å²) in [7, 11) is 2.42. The van der Waals surface area contributed by atoms with Gasteiger partial charge in [0.2, 0.25) is 10.0 Å². The number of carbonyl (C=O) groups is 1. The van der Waals surface area contributed by atoms with Crippen molar-refractivity contribution in [1.82, 2.24) is 9.21 Å². The number of nitrogens with zero attached hydrogens (tertiary/aromatic N) is 3. The van der Waals surface area contributed by atoms with Gasteiger partial charge in [0.05, 0.1) is 24.8 Å². The lowest BCUT2D eigenvalue weighted by Gasteiger charge is -2.17. The van der Waals surface area contributed by atoms with Crippen LogP contribution in [0.5, 0.6) is 11.5 Å². The average Bonchev–Trinajstić information content (AvgIpc) is 3.12. The summed E-state index contributed by atoms with van der Waals surface area (Å²) in [4.78, 5) is 19.6. The highest BCUT2D eigenvalue weighted by molar-refractivity contribution is 8.14. The molecule has 1 fully saturated rings. The third-order valence-electron chi connectivity index (χ3n) is 4.64. The average molecular weight is 464 g/mol. The van der Waals surface area contributed by atoms with Crippen LogP contribution in [-0.4, -0.2) is 68.8 Å². The number of hydrogen-bond donors (Lipinski definition) is 0. The minimum absolute atomic E-state index is 0.142. The largest absolute Gasteiger partial charge is 0.497 e. The topological polar surface area (TPSA) is 88.5 Å². The minimum Gasteiger partial charge on any atom is -0.497 e. The molecule has 8 nitrogen and oxygen atoms in total. The van der Waals surface area contributed by atoms with E-state index in [-0.39, 0.29) is 16.1 Å². The molecule has 10 heteroatoms. The van der Waals surface area contributed by atoms with Gasteiger partial charge >= 0.3 is 0 Å². The number of hydrogen-bond acceptors (Lipinski definition) is 7. The lowest BCUT2D eigenvalue weighted by molar-refractivity contribution is 0.0854. The molecule has 2 aromatic rings. The summed E-state index contributed by atoms with van der Waals surface area (Å²) >= 11 is 1.46. The first-order valence-corrected chi connectivity index (χ1v) is 11.8. The minimum atomic E-state index is -3.58. The molecule has 0 saturated carbocycles. The number of aliphatic imine (C=N–C) groups is 1. The number of benzene rings is 2. The number of methoxy groups -OCH3 is 2. The Morgan fingerprint density at radius 1 is 1.13 bits per heavy atom. The Balaban J connectivity index is 1.97. The van der Waals surface area contributed by atoms with Crippen LogP contribution in [0, 0.1) is 0 Å². The number of rotatable bonds is 6. The van der Waals surface area contributed by atoms with E-state index < -0.39 is 10.0 Å². The molecule has 166 valence electrons. The van der Waals surface area contributed by atoms with E-state index in [2.05, 4.69) is 4.99 Å². The van der Waals surface area contributed by atoms with Gasteiger partial charge in [-0.1, -0.05) is 24.8 Å². The number of carbonyl (C=O) groups excluding carboxylic acids is 1. The lowest BCUT2D eigenvalue weighted by Crippen LogP contribution is -2.32. The fraction of sp³-hybridized carbons (Fsp3) is 0.333. The Bertz CT molecular complexity index is 1090. The smallest absolute Gasteiger partial charge is 0.260 e. The Hall–Kier alpha value is -2.56. The van der Waals surface area contributed by atoms with Crippen LogP contribution in [0.4, 0.5) is 5.69 Å². The van der Waals surface area contributed by atoms with Crippen molar-refractivity contribution in [2.24, 2.45) is 4.99 Å². The van der Waals surface area contributed by atoms with Crippen LogP contribution in [0.25, 0.3) is 0 Å². The number of amidine groups is 1. The zero-order valence-corrected chi connectivity index (χ0v) is 19.7. The summed E-state index contributed by atoms with van der Waals surface area (Å²) in [6.45, 7) is 2.49. The number of sulfonamides is 1. The van der Waals surface area contributed by atoms with E-state index in [0.29, 0.717) is 34.5 Å². The monoisotopic (exact) mass is 463 g/mol. The van der Waals surface area contributed by atoms with Gasteiger partial charge in [-0.15, -0.1) is 0 Å². The number of thioether (sulfide) groups is 1. The van der Waals surface area contributed by atoms with E-state index in [1.165, 1.54) is 52.2 Å². The van der Waals surface area contributed by atoms with Gasteiger partial charge in [-0.2, -0.15) is 0 Å².